The first-order valence-corrected chi connectivity index (χ1v) is 8.71. The van der Waals surface area contributed by atoms with E-state index in [2.05, 4.69) is 10.1 Å². The summed E-state index contributed by atoms with van der Waals surface area (Å²) in [4.78, 5) is 29.2. The Bertz CT molecular complexity index is 1260. The summed E-state index contributed by atoms with van der Waals surface area (Å²) in [7, 11) is 0. The first-order valence-electron chi connectivity index (χ1n) is 8.33. The Balaban J connectivity index is 1.92. The van der Waals surface area contributed by atoms with Gasteiger partial charge in [-0.2, -0.15) is 5.10 Å². The normalized spacial score (nSPS) is 11.2. The minimum atomic E-state index is -0.498. The lowest BCUT2D eigenvalue weighted by atomic mass is 10.2. The summed E-state index contributed by atoms with van der Waals surface area (Å²) in [6.45, 7) is 3.88. The molecule has 4 rings (SSSR count). The fourth-order valence-electron chi connectivity index (χ4n) is 2.90. The molecule has 136 valence electrons. The Labute approximate surface area is 158 Å². The van der Waals surface area contributed by atoms with Crippen molar-refractivity contribution in [2.45, 2.75) is 13.8 Å². The molecular formula is C19H15ClN4O3. The van der Waals surface area contributed by atoms with Gasteiger partial charge in [0.1, 0.15) is 5.56 Å². The third-order valence-corrected chi connectivity index (χ3v) is 4.73. The third kappa shape index (κ3) is 2.76. The van der Waals surface area contributed by atoms with Crippen LogP contribution in [0.2, 0.25) is 5.02 Å². The minimum absolute atomic E-state index is 0.255. The number of fused-ring (bicyclic) bond motifs is 3. The number of esters is 1. The molecule has 0 radical (unpaired) electrons. The van der Waals surface area contributed by atoms with Crippen LogP contribution in [-0.4, -0.2) is 31.7 Å². The number of nitrogens with zero attached hydrogens (tertiary/aromatic N) is 4. The van der Waals surface area contributed by atoms with E-state index in [1.165, 1.54) is 21.5 Å². The Morgan fingerprint density at radius 3 is 2.81 bits per heavy atom. The summed E-state index contributed by atoms with van der Waals surface area (Å²) in [5, 5.41) is 5.16. The number of halogens is 1. The van der Waals surface area contributed by atoms with Gasteiger partial charge in [-0.3, -0.25) is 9.36 Å². The van der Waals surface area contributed by atoms with Crippen LogP contribution in [0, 0.1) is 6.92 Å². The Kier molecular flexibility index (Phi) is 4.16. The van der Waals surface area contributed by atoms with Crippen molar-refractivity contribution in [2.75, 3.05) is 6.61 Å². The van der Waals surface area contributed by atoms with Crippen molar-refractivity contribution in [1.82, 2.24) is 19.2 Å². The summed E-state index contributed by atoms with van der Waals surface area (Å²) in [5.74, 6) is -0.498. The number of ether oxygens (including phenoxy) is 1. The average molecular weight is 383 g/mol. The standard InChI is InChI=1S/C19H15ClN4O3/c1-3-27-19(26)14-10-22-24-16-6-7-23(12-5-4-11(2)15(20)8-12)18(25)13(16)9-21-17(14)24/h4-10H,3H2,1-2H3. The summed E-state index contributed by atoms with van der Waals surface area (Å²) in [6.07, 6.45) is 4.49. The predicted molar refractivity (Wildman–Crippen MR) is 102 cm³/mol. The van der Waals surface area contributed by atoms with Crippen LogP contribution in [0.15, 0.2) is 47.7 Å². The van der Waals surface area contributed by atoms with E-state index in [0.717, 1.165) is 5.56 Å². The maximum absolute atomic E-state index is 13.0. The molecule has 0 unspecified atom stereocenters. The lowest BCUT2D eigenvalue weighted by Crippen LogP contribution is -2.19. The van der Waals surface area contributed by atoms with Crippen LogP contribution in [0.25, 0.3) is 22.2 Å². The van der Waals surface area contributed by atoms with Gasteiger partial charge in [0, 0.05) is 17.4 Å². The molecule has 0 aliphatic heterocycles. The lowest BCUT2D eigenvalue weighted by Gasteiger charge is -2.09. The van der Waals surface area contributed by atoms with Crippen molar-refractivity contribution in [2.24, 2.45) is 0 Å². The quantitative estimate of drug-likeness (QED) is 0.508. The number of hydrogen-bond acceptors (Lipinski definition) is 5. The molecule has 0 aliphatic rings. The van der Waals surface area contributed by atoms with Gasteiger partial charge in [-0.15, -0.1) is 0 Å². The second kappa shape index (κ2) is 6.51. The van der Waals surface area contributed by atoms with Crippen molar-refractivity contribution in [3.8, 4) is 5.69 Å². The van der Waals surface area contributed by atoms with E-state index >= 15 is 0 Å². The second-order valence-electron chi connectivity index (χ2n) is 6.00. The highest BCUT2D eigenvalue weighted by atomic mass is 35.5. The number of carbonyl (C=O) groups is 1. The van der Waals surface area contributed by atoms with Gasteiger partial charge in [-0.05, 0) is 37.6 Å². The number of aromatic nitrogens is 4. The molecule has 0 spiro atoms. The number of hydrogen-bond donors (Lipinski definition) is 0. The first-order chi connectivity index (χ1) is 13.0. The highest BCUT2D eigenvalue weighted by molar-refractivity contribution is 6.31. The predicted octanol–water partition coefficient (Wildman–Crippen LogP) is 3.17. The topological polar surface area (TPSA) is 78.5 Å². The molecule has 0 bridgehead atoms. The van der Waals surface area contributed by atoms with E-state index in [4.69, 9.17) is 16.3 Å². The molecule has 0 atom stereocenters. The molecule has 0 amide bonds. The van der Waals surface area contributed by atoms with Crippen molar-refractivity contribution in [1.29, 1.82) is 0 Å². The van der Waals surface area contributed by atoms with Crippen LogP contribution >= 0.6 is 11.6 Å². The number of pyridine rings is 1. The molecule has 0 saturated carbocycles. The van der Waals surface area contributed by atoms with Gasteiger partial charge in [0.25, 0.3) is 5.56 Å². The second-order valence-corrected chi connectivity index (χ2v) is 6.40. The fourth-order valence-corrected chi connectivity index (χ4v) is 3.08. The summed E-state index contributed by atoms with van der Waals surface area (Å²) >= 11 is 6.18. The minimum Gasteiger partial charge on any atom is -0.462 e. The van der Waals surface area contributed by atoms with E-state index in [9.17, 15) is 9.59 Å². The van der Waals surface area contributed by atoms with Crippen LogP contribution < -0.4 is 5.56 Å². The fraction of sp³-hybridized carbons (Fsp3) is 0.158. The van der Waals surface area contributed by atoms with E-state index < -0.39 is 5.97 Å². The zero-order valence-corrected chi connectivity index (χ0v) is 15.4. The molecule has 0 saturated heterocycles. The molecular weight excluding hydrogens is 368 g/mol. The van der Waals surface area contributed by atoms with E-state index in [1.807, 2.05) is 19.1 Å². The number of aryl methyl sites for hydroxylation is 1. The van der Waals surface area contributed by atoms with E-state index in [0.29, 0.717) is 27.3 Å². The molecule has 0 N–H and O–H groups in total. The van der Waals surface area contributed by atoms with Crippen molar-refractivity contribution >= 4 is 34.1 Å². The van der Waals surface area contributed by atoms with Gasteiger partial charge >= 0.3 is 5.97 Å². The molecule has 3 aromatic heterocycles. The maximum atomic E-state index is 13.0. The molecule has 1 aromatic carbocycles. The van der Waals surface area contributed by atoms with Crippen molar-refractivity contribution in [3.63, 3.8) is 0 Å². The lowest BCUT2D eigenvalue weighted by molar-refractivity contribution is 0.0528. The van der Waals surface area contributed by atoms with Crippen LogP contribution in [0.5, 0.6) is 0 Å². The molecule has 8 heteroatoms. The Hall–Kier alpha value is -3.19. The van der Waals surface area contributed by atoms with Gasteiger partial charge in [0.2, 0.25) is 0 Å². The third-order valence-electron chi connectivity index (χ3n) is 4.32. The Morgan fingerprint density at radius 2 is 2.07 bits per heavy atom. The molecule has 4 aromatic rings. The smallest absolute Gasteiger partial charge is 0.343 e. The van der Waals surface area contributed by atoms with Crippen LogP contribution in [0.3, 0.4) is 0 Å². The number of carbonyl (C=O) groups excluding carboxylic acids is 1. The molecule has 27 heavy (non-hydrogen) atoms. The zero-order chi connectivity index (χ0) is 19.1. The largest absolute Gasteiger partial charge is 0.462 e. The van der Waals surface area contributed by atoms with Gasteiger partial charge in [0.15, 0.2) is 5.65 Å². The van der Waals surface area contributed by atoms with E-state index in [-0.39, 0.29) is 17.7 Å². The van der Waals surface area contributed by atoms with Crippen molar-refractivity contribution < 1.29 is 9.53 Å². The molecule has 7 nitrogen and oxygen atoms in total. The Morgan fingerprint density at radius 1 is 1.26 bits per heavy atom. The highest BCUT2D eigenvalue weighted by Crippen LogP contribution is 2.20. The van der Waals surface area contributed by atoms with Gasteiger partial charge < -0.3 is 4.74 Å². The van der Waals surface area contributed by atoms with Gasteiger partial charge in [-0.1, -0.05) is 17.7 Å². The monoisotopic (exact) mass is 382 g/mol. The van der Waals surface area contributed by atoms with Crippen LogP contribution in [-0.2, 0) is 4.74 Å². The zero-order valence-electron chi connectivity index (χ0n) is 14.6. The van der Waals surface area contributed by atoms with Crippen LogP contribution in [0.1, 0.15) is 22.8 Å². The van der Waals surface area contributed by atoms with Gasteiger partial charge in [0.05, 0.1) is 29.4 Å². The molecule has 0 aliphatic carbocycles. The summed E-state index contributed by atoms with van der Waals surface area (Å²) < 4.78 is 7.98. The first kappa shape index (κ1) is 17.2. The SMILES string of the molecule is CCOC(=O)c1cnn2c1ncc1c(=O)n(-c3ccc(C)c(Cl)c3)ccc12. The van der Waals surface area contributed by atoms with Crippen LogP contribution in [0.4, 0.5) is 0 Å². The van der Waals surface area contributed by atoms with Crippen molar-refractivity contribution in [3.05, 3.63) is 69.4 Å². The van der Waals surface area contributed by atoms with Gasteiger partial charge in [-0.25, -0.2) is 14.3 Å². The highest BCUT2D eigenvalue weighted by Gasteiger charge is 2.17. The molecule has 3 heterocycles. The average Bonchev–Trinajstić information content (AvgIpc) is 3.09. The number of benzene rings is 1. The maximum Gasteiger partial charge on any atom is 0.343 e. The van der Waals surface area contributed by atoms with E-state index in [1.54, 1.807) is 25.3 Å². The number of rotatable bonds is 3. The molecule has 0 fully saturated rings. The summed E-state index contributed by atoms with van der Waals surface area (Å²) in [6, 6.07) is 7.17. The summed E-state index contributed by atoms with van der Waals surface area (Å²) in [5.41, 5.74) is 2.49.